The summed E-state index contributed by atoms with van der Waals surface area (Å²) in [5.41, 5.74) is 0. The molecule has 2 aliphatic heterocycles. The topological polar surface area (TPSA) is 76.4 Å². The summed E-state index contributed by atoms with van der Waals surface area (Å²) < 4.78 is 29.1. The van der Waals surface area contributed by atoms with Crippen LogP contribution in [0.4, 0.5) is 0 Å². The maximum absolute atomic E-state index is 12.4. The molecule has 6 nitrogen and oxygen atoms in total. The van der Waals surface area contributed by atoms with Crippen molar-refractivity contribution in [3.8, 4) is 6.07 Å². The molecular formula is C13H24N4O2S. The molecule has 7 heteroatoms. The Balaban J connectivity index is 1.85. The normalized spacial score (nSPS) is 27.3. The average Bonchev–Trinajstić information content (AvgIpc) is 2.41. The van der Waals surface area contributed by atoms with Gasteiger partial charge in [-0.25, -0.2) is 0 Å². The zero-order chi connectivity index (χ0) is 14.6. The van der Waals surface area contributed by atoms with Crippen molar-refractivity contribution in [2.75, 3.05) is 32.7 Å². The van der Waals surface area contributed by atoms with E-state index in [2.05, 4.69) is 22.6 Å². The number of hydrogen-bond donors (Lipinski definition) is 1. The van der Waals surface area contributed by atoms with Crippen LogP contribution in [0.1, 0.15) is 32.6 Å². The van der Waals surface area contributed by atoms with Gasteiger partial charge < -0.3 is 0 Å². The molecule has 2 fully saturated rings. The molecule has 20 heavy (non-hydrogen) atoms. The molecule has 2 rings (SSSR count). The molecule has 2 saturated heterocycles. The quantitative estimate of drug-likeness (QED) is 0.769. The molecule has 0 aromatic rings. The standard InChI is InChI=1S/C13H24N4O2S/c1-12-3-2-7-17(11-12)20(18,19)15-13-4-8-16(9-5-13)10-6-14/h12-13,15H,2-5,7-11H2,1H3. The van der Waals surface area contributed by atoms with Crippen LogP contribution in [0.25, 0.3) is 0 Å². The molecular weight excluding hydrogens is 276 g/mol. The highest BCUT2D eigenvalue weighted by atomic mass is 32.2. The van der Waals surface area contributed by atoms with Crippen LogP contribution in [-0.4, -0.2) is 56.4 Å². The van der Waals surface area contributed by atoms with Crippen LogP contribution in [0.3, 0.4) is 0 Å². The monoisotopic (exact) mass is 300 g/mol. The lowest BCUT2D eigenvalue weighted by molar-refractivity contribution is 0.223. The van der Waals surface area contributed by atoms with Crippen LogP contribution in [0.5, 0.6) is 0 Å². The molecule has 0 spiro atoms. The molecule has 0 amide bonds. The van der Waals surface area contributed by atoms with E-state index in [0.29, 0.717) is 25.6 Å². The third-order valence-corrected chi connectivity index (χ3v) is 5.80. The van der Waals surface area contributed by atoms with Gasteiger partial charge in [-0.1, -0.05) is 6.92 Å². The second-order valence-electron chi connectivity index (χ2n) is 5.94. The summed E-state index contributed by atoms with van der Waals surface area (Å²) in [4.78, 5) is 2.06. The maximum Gasteiger partial charge on any atom is 0.279 e. The lowest BCUT2D eigenvalue weighted by Gasteiger charge is -2.34. The minimum Gasteiger partial charge on any atom is -0.290 e. The smallest absolute Gasteiger partial charge is 0.279 e. The Labute approximate surface area is 121 Å². The lowest BCUT2D eigenvalue weighted by Crippen LogP contribution is -2.51. The summed E-state index contributed by atoms with van der Waals surface area (Å²) in [6, 6.07) is 2.14. The highest BCUT2D eigenvalue weighted by Crippen LogP contribution is 2.19. The Morgan fingerprint density at radius 1 is 1.25 bits per heavy atom. The first-order chi connectivity index (χ1) is 9.51. The molecule has 1 atom stereocenters. The van der Waals surface area contributed by atoms with E-state index in [1.165, 1.54) is 0 Å². The van der Waals surface area contributed by atoms with Gasteiger partial charge in [0, 0.05) is 32.2 Å². The van der Waals surface area contributed by atoms with Gasteiger partial charge in [-0.2, -0.15) is 22.7 Å². The van der Waals surface area contributed by atoms with Crippen molar-refractivity contribution in [2.45, 2.75) is 38.6 Å². The van der Waals surface area contributed by atoms with Crippen LogP contribution in [0.2, 0.25) is 0 Å². The van der Waals surface area contributed by atoms with E-state index in [0.717, 1.165) is 38.8 Å². The summed E-state index contributed by atoms with van der Waals surface area (Å²) in [5, 5.41) is 8.66. The van der Waals surface area contributed by atoms with Crippen molar-refractivity contribution in [1.29, 1.82) is 5.26 Å². The Bertz CT molecular complexity index is 451. The minimum absolute atomic E-state index is 0.00664. The largest absolute Gasteiger partial charge is 0.290 e. The van der Waals surface area contributed by atoms with Crippen molar-refractivity contribution >= 4 is 10.2 Å². The van der Waals surface area contributed by atoms with Crippen LogP contribution in [0.15, 0.2) is 0 Å². The predicted octanol–water partition coefficient (Wildman–Crippen LogP) is 0.541. The van der Waals surface area contributed by atoms with Crippen molar-refractivity contribution in [3.63, 3.8) is 0 Å². The van der Waals surface area contributed by atoms with Crippen molar-refractivity contribution < 1.29 is 8.42 Å². The zero-order valence-electron chi connectivity index (χ0n) is 12.1. The number of nitrogens with one attached hydrogen (secondary N) is 1. The molecule has 114 valence electrons. The van der Waals surface area contributed by atoms with E-state index in [9.17, 15) is 8.42 Å². The molecule has 2 aliphatic rings. The third-order valence-electron chi connectivity index (χ3n) is 4.16. The van der Waals surface area contributed by atoms with Gasteiger partial charge in [0.1, 0.15) is 0 Å². The molecule has 1 unspecified atom stereocenters. The molecule has 0 saturated carbocycles. The second kappa shape index (κ2) is 6.85. The number of rotatable bonds is 4. The van der Waals surface area contributed by atoms with Crippen LogP contribution in [-0.2, 0) is 10.2 Å². The summed E-state index contributed by atoms with van der Waals surface area (Å²) in [5.74, 6) is 0.442. The fraction of sp³-hybridized carbons (Fsp3) is 0.923. The zero-order valence-corrected chi connectivity index (χ0v) is 12.9. The average molecular weight is 300 g/mol. The van der Waals surface area contributed by atoms with E-state index in [-0.39, 0.29) is 6.04 Å². The molecule has 2 heterocycles. The van der Waals surface area contributed by atoms with Gasteiger partial charge >= 0.3 is 0 Å². The summed E-state index contributed by atoms with van der Waals surface area (Å²) in [6.07, 6.45) is 3.62. The first kappa shape index (κ1) is 15.7. The summed E-state index contributed by atoms with van der Waals surface area (Å²) in [7, 11) is -3.35. The molecule has 1 N–H and O–H groups in total. The molecule has 0 aromatic carbocycles. The summed E-state index contributed by atoms with van der Waals surface area (Å²) >= 11 is 0. The number of piperidine rings is 2. The van der Waals surface area contributed by atoms with E-state index < -0.39 is 10.2 Å². The van der Waals surface area contributed by atoms with Gasteiger partial charge in [0.05, 0.1) is 12.6 Å². The fourth-order valence-electron chi connectivity index (χ4n) is 2.96. The fourth-order valence-corrected chi connectivity index (χ4v) is 4.58. The van der Waals surface area contributed by atoms with E-state index >= 15 is 0 Å². The first-order valence-corrected chi connectivity index (χ1v) is 8.82. The maximum atomic E-state index is 12.4. The second-order valence-corrected chi connectivity index (χ2v) is 7.64. The van der Waals surface area contributed by atoms with Crippen LogP contribution in [0, 0.1) is 17.2 Å². The van der Waals surface area contributed by atoms with Gasteiger partial charge in [-0.3, -0.25) is 4.90 Å². The Kier molecular flexibility index (Phi) is 5.38. The highest BCUT2D eigenvalue weighted by Gasteiger charge is 2.30. The SMILES string of the molecule is CC1CCCN(S(=O)(=O)NC2CCN(CC#N)CC2)C1. The van der Waals surface area contributed by atoms with Crippen LogP contribution >= 0.6 is 0 Å². The number of nitrogens with zero attached hydrogens (tertiary/aromatic N) is 3. The summed E-state index contributed by atoms with van der Waals surface area (Å²) in [6.45, 7) is 5.37. The van der Waals surface area contributed by atoms with Crippen molar-refractivity contribution in [2.24, 2.45) is 5.92 Å². The van der Waals surface area contributed by atoms with Gasteiger partial charge in [0.15, 0.2) is 0 Å². The molecule has 0 aromatic heterocycles. The number of hydrogen-bond acceptors (Lipinski definition) is 4. The number of nitriles is 1. The van der Waals surface area contributed by atoms with E-state index in [4.69, 9.17) is 5.26 Å². The molecule has 0 bridgehead atoms. The molecule has 0 radical (unpaired) electrons. The predicted molar refractivity (Wildman–Crippen MR) is 77.1 cm³/mol. The van der Waals surface area contributed by atoms with Gasteiger partial charge in [-0.15, -0.1) is 0 Å². The van der Waals surface area contributed by atoms with Gasteiger partial charge in [0.25, 0.3) is 10.2 Å². The van der Waals surface area contributed by atoms with Crippen molar-refractivity contribution in [1.82, 2.24) is 13.9 Å². The Morgan fingerprint density at radius 2 is 1.95 bits per heavy atom. The third kappa shape index (κ3) is 4.16. The van der Waals surface area contributed by atoms with E-state index in [1.807, 2.05) is 0 Å². The Hall–Kier alpha value is -0.680. The van der Waals surface area contributed by atoms with Crippen LogP contribution < -0.4 is 4.72 Å². The number of likely N-dealkylation sites (tertiary alicyclic amines) is 1. The van der Waals surface area contributed by atoms with E-state index in [1.54, 1.807) is 4.31 Å². The Morgan fingerprint density at radius 3 is 2.55 bits per heavy atom. The highest BCUT2D eigenvalue weighted by molar-refractivity contribution is 7.87. The lowest BCUT2D eigenvalue weighted by atomic mass is 10.0. The molecule has 0 aliphatic carbocycles. The van der Waals surface area contributed by atoms with Crippen molar-refractivity contribution in [3.05, 3.63) is 0 Å². The minimum atomic E-state index is -3.35. The first-order valence-electron chi connectivity index (χ1n) is 7.38. The van der Waals surface area contributed by atoms with Gasteiger partial charge in [-0.05, 0) is 31.6 Å². The van der Waals surface area contributed by atoms with Gasteiger partial charge in [0.2, 0.25) is 0 Å².